The molecule has 1 aromatic carbocycles. The van der Waals surface area contributed by atoms with E-state index in [0.29, 0.717) is 0 Å². The summed E-state index contributed by atoms with van der Waals surface area (Å²) in [6.07, 6.45) is -5.48. The molecule has 1 aliphatic rings. The number of aromatic hydroxyl groups is 1. The topological polar surface area (TPSA) is 67.2 Å². The number of carbonyl (C=O) groups excluding carboxylic acids is 1. The summed E-state index contributed by atoms with van der Waals surface area (Å²) in [7, 11) is 0. The number of alkyl halides is 3. The van der Waals surface area contributed by atoms with E-state index >= 15 is 0 Å². The number of dihydropyridines is 1. The van der Waals surface area contributed by atoms with Crippen LogP contribution in [-0.2, 0) is 17.1 Å². The van der Waals surface area contributed by atoms with Crippen LogP contribution in [0.3, 0.4) is 0 Å². The van der Waals surface area contributed by atoms with E-state index in [4.69, 9.17) is 0 Å². The number of halogens is 10. The standard InChI is InChI=1S/C17H7F10N3O2.Cu/c1-3-6(13(31)4-2-5(18)8(20)9(21)7(4)19)16(32)30(29-3)12-10(22)14(17(25,26)27)28-15(24)11(12)23;/h2,14,28,32H,1H3;. The van der Waals surface area contributed by atoms with Gasteiger partial charge in [-0.15, -0.1) is 0 Å². The normalized spacial score (nSPS) is 16.6. The van der Waals surface area contributed by atoms with Crippen molar-refractivity contribution in [2.24, 2.45) is 0 Å². The van der Waals surface area contributed by atoms with Crippen LogP contribution in [0.4, 0.5) is 43.9 Å². The zero-order chi connectivity index (χ0) is 24.3. The molecule has 183 valence electrons. The minimum absolute atomic E-state index is 0. The number of nitrogens with one attached hydrogen (secondary N) is 1. The van der Waals surface area contributed by atoms with E-state index in [1.54, 1.807) is 0 Å². The molecule has 2 N–H and O–H groups in total. The van der Waals surface area contributed by atoms with Crippen LogP contribution >= 0.6 is 0 Å². The Balaban J connectivity index is 0.00000385. The number of allylic oxidation sites excluding steroid dienone is 2. The first kappa shape index (κ1) is 26.3. The van der Waals surface area contributed by atoms with Gasteiger partial charge in [0.25, 0.3) is 0 Å². The van der Waals surface area contributed by atoms with Crippen molar-refractivity contribution >= 4 is 11.5 Å². The van der Waals surface area contributed by atoms with E-state index in [9.17, 15) is 53.8 Å². The van der Waals surface area contributed by atoms with Crippen molar-refractivity contribution in [3.63, 3.8) is 0 Å². The zero-order valence-corrected chi connectivity index (χ0v) is 16.4. The van der Waals surface area contributed by atoms with Crippen LogP contribution in [0, 0.1) is 30.2 Å². The molecule has 0 aliphatic carbocycles. The summed E-state index contributed by atoms with van der Waals surface area (Å²) in [5.41, 5.74) is -5.23. The van der Waals surface area contributed by atoms with Crippen molar-refractivity contribution in [3.8, 4) is 5.88 Å². The Morgan fingerprint density at radius 2 is 1.64 bits per heavy atom. The van der Waals surface area contributed by atoms with Crippen LogP contribution < -0.4 is 5.32 Å². The molecular formula is C17H7CuF10N3O2. The number of aromatic nitrogens is 2. The molecule has 0 bridgehead atoms. The Morgan fingerprint density at radius 1 is 1.06 bits per heavy atom. The number of hydrogen-bond acceptors (Lipinski definition) is 4. The van der Waals surface area contributed by atoms with Gasteiger partial charge in [-0.25, -0.2) is 22.0 Å². The third-order valence-electron chi connectivity index (χ3n) is 4.30. The summed E-state index contributed by atoms with van der Waals surface area (Å²) >= 11 is 0. The predicted molar refractivity (Wildman–Crippen MR) is 84.9 cm³/mol. The van der Waals surface area contributed by atoms with Crippen molar-refractivity contribution in [1.82, 2.24) is 15.1 Å². The molecule has 0 saturated carbocycles. The molecule has 1 aromatic heterocycles. The van der Waals surface area contributed by atoms with Crippen LogP contribution in [0.25, 0.3) is 5.70 Å². The summed E-state index contributed by atoms with van der Waals surface area (Å²) < 4.78 is 134. The molecule has 1 atom stereocenters. The van der Waals surface area contributed by atoms with Gasteiger partial charge in [0.1, 0.15) is 11.3 Å². The van der Waals surface area contributed by atoms with E-state index in [2.05, 4.69) is 5.10 Å². The molecule has 3 rings (SSSR count). The van der Waals surface area contributed by atoms with E-state index in [1.807, 2.05) is 0 Å². The molecule has 0 amide bonds. The van der Waals surface area contributed by atoms with Crippen molar-refractivity contribution in [1.29, 1.82) is 0 Å². The Bertz CT molecular complexity index is 1220. The Labute approximate surface area is 186 Å². The first-order valence-electron chi connectivity index (χ1n) is 8.13. The van der Waals surface area contributed by atoms with Gasteiger partial charge in [-0.3, -0.25) is 4.79 Å². The maximum absolute atomic E-state index is 14.4. The van der Waals surface area contributed by atoms with Crippen LogP contribution in [0.1, 0.15) is 21.6 Å². The van der Waals surface area contributed by atoms with E-state index in [1.165, 1.54) is 0 Å². The molecule has 5 nitrogen and oxygen atoms in total. The minimum Gasteiger partial charge on any atom is -0.493 e. The van der Waals surface area contributed by atoms with Crippen molar-refractivity contribution in [2.75, 3.05) is 0 Å². The maximum Gasteiger partial charge on any atom is 0.415 e. The summed E-state index contributed by atoms with van der Waals surface area (Å²) in [5, 5.41) is 14.3. The molecule has 0 saturated heterocycles. The average Bonchev–Trinajstić information content (AvgIpc) is 2.98. The molecule has 1 aliphatic heterocycles. The molecule has 1 unspecified atom stereocenters. The number of rotatable bonds is 3. The fourth-order valence-corrected chi connectivity index (χ4v) is 2.83. The number of ketones is 1. The maximum atomic E-state index is 14.4. The third-order valence-corrected chi connectivity index (χ3v) is 4.30. The fourth-order valence-electron chi connectivity index (χ4n) is 2.83. The van der Waals surface area contributed by atoms with Crippen LogP contribution in [-0.4, -0.2) is 32.9 Å². The van der Waals surface area contributed by atoms with Crippen LogP contribution in [0.15, 0.2) is 23.7 Å². The number of aryl methyl sites for hydroxylation is 1. The van der Waals surface area contributed by atoms with Gasteiger partial charge in [0.05, 0.1) is 11.3 Å². The van der Waals surface area contributed by atoms with E-state index in [-0.39, 0.29) is 27.8 Å². The van der Waals surface area contributed by atoms with Crippen LogP contribution in [0.2, 0.25) is 0 Å². The van der Waals surface area contributed by atoms with E-state index < -0.39 is 87.3 Å². The van der Waals surface area contributed by atoms with Gasteiger partial charge in [-0.2, -0.15) is 31.7 Å². The summed E-state index contributed by atoms with van der Waals surface area (Å²) in [6, 6.07) is -3.48. The smallest absolute Gasteiger partial charge is 0.415 e. The molecule has 33 heavy (non-hydrogen) atoms. The molecule has 2 heterocycles. The fraction of sp³-hybridized carbons (Fsp3) is 0.176. The first-order valence-corrected chi connectivity index (χ1v) is 8.13. The molecule has 2 aromatic rings. The van der Waals surface area contributed by atoms with Crippen molar-refractivity contribution in [3.05, 3.63) is 63.8 Å². The van der Waals surface area contributed by atoms with Crippen LogP contribution in [0.5, 0.6) is 5.88 Å². The number of nitrogens with zero attached hydrogens (tertiary/aromatic N) is 2. The molecule has 1 radical (unpaired) electrons. The predicted octanol–water partition coefficient (Wildman–Crippen LogP) is 4.46. The Hall–Kier alpha value is -3.00. The zero-order valence-electron chi connectivity index (χ0n) is 15.5. The second-order valence-electron chi connectivity index (χ2n) is 6.32. The molecule has 0 fully saturated rings. The summed E-state index contributed by atoms with van der Waals surface area (Å²) in [5.74, 6) is -19.2. The third kappa shape index (κ3) is 4.19. The number of carbonyl (C=O) groups is 1. The number of benzene rings is 1. The Morgan fingerprint density at radius 3 is 2.18 bits per heavy atom. The SMILES string of the molecule is Cc1nn(C2=C(F)C(C(F)(F)F)NC(F)=C2F)c(O)c1C(=O)c1cc(F)c(F)c(F)c1F.[Cu]. The minimum atomic E-state index is -5.48. The second kappa shape index (κ2) is 8.74. The number of hydrogen-bond donors (Lipinski definition) is 2. The van der Waals surface area contributed by atoms with Crippen molar-refractivity contribution in [2.45, 2.75) is 19.1 Å². The van der Waals surface area contributed by atoms with Gasteiger partial charge < -0.3 is 10.4 Å². The second-order valence-corrected chi connectivity index (χ2v) is 6.32. The quantitative estimate of drug-likeness (QED) is 0.151. The molecule has 16 heteroatoms. The van der Waals surface area contributed by atoms with Gasteiger partial charge in [-0.1, -0.05) is 0 Å². The average molecular weight is 539 g/mol. The monoisotopic (exact) mass is 538 g/mol. The van der Waals surface area contributed by atoms with Gasteiger partial charge >= 0.3 is 6.18 Å². The van der Waals surface area contributed by atoms with E-state index in [0.717, 1.165) is 12.2 Å². The van der Waals surface area contributed by atoms with Crippen molar-refractivity contribution < 1.29 is 70.9 Å². The summed E-state index contributed by atoms with van der Waals surface area (Å²) in [6.45, 7) is 0.844. The van der Waals surface area contributed by atoms with Gasteiger partial charge in [-0.05, 0) is 13.0 Å². The Kier molecular flexibility index (Phi) is 6.95. The summed E-state index contributed by atoms with van der Waals surface area (Å²) in [4.78, 5) is 12.5. The molecular weight excluding hydrogens is 532 g/mol. The largest absolute Gasteiger partial charge is 0.493 e. The van der Waals surface area contributed by atoms with Gasteiger partial charge in [0.2, 0.25) is 23.4 Å². The first-order chi connectivity index (χ1) is 14.7. The van der Waals surface area contributed by atoms with Gasteiger partial charge in [0, 0.05) is 17.1 Å². The van der Waals surface area contributed by atoms with Gasteiger partial charge in [0.15, 0.2) is 35.1 Å². The molecule has 0 spiro atoms.